The molecule has 1 aromatic heterocycles. The van der Waals surface area contributed by atoms with Gasteiger partial charge < -0.3 is 5.11 Å². The van der Waals surface area contributed by atoms with E-state index >= 15 is 0 Å². The van der Waals surface area contributed by atoms with Crippen molar-refractivity contribution >= 4 is 0 Å². The molecular formula is C11H17F2N3O. The molecule has 0 unspecified atom stereocenters. The summed E-state index contributed by atoms with van der Waals surface area (Å²) in [5.41, 5.74) is -0.628. The highest BCUT2D eigenvalue weighted by Crippen LogP contribution is 2.27. The summed E-state index contributed by atoms with van der Waals surface area (Å²) in [5, 5.41) is 9.97. The molecular weight excluding hydrogens is 228 g/mol. The van der Waals surface area contributed by atoms with Crippen molar-refractivity contribution in [2.24, 2.45) is 0 Å². The topological polar surface area (TPSA) is 41.3 Å². The van der Waals surface area contributed by atoms with E-state index in [1.807, 2.05) is 11.8 Å². The molecule has 6 heteroatoms. The lowest BCUT2D eigenvalue weighted by molar-refractivity contribution is -0.108. The average Bonchev–Trinajstić information content (AvgIpc) is 2.64. The average molecular weight is 245 g/mol. The zero-order valence-electron chi connectivity index (χ0n) is 9.81. The first-order valence-corrected chi connectivity index (χ1v) is 5.79. The number of likely N-dealkylation sites (tertiary alicyclic amines) is 1. The van der Waals surface area contributed by atoms with Gasteiger partial charge in [-0.25, -0.2) is 4.98 Å². The molecule has 1 aromatic rings. The number of hydrogen-bond donors (Lipinski definition) is 1. The zero-order chi connectivity index (χ0) is 12.5. The number of hydrogen-bond acceptors (Lipinski definition) is 3. The van der Waals surface area contributed by atoms with Gasteiger partial charge in [-0.1, -0.05) is 13.3 Å². The maximum atomic E-state index is 12.6. The minimum Gasteiger partial charge on any atom is -0.387 e. The van der Waals surface area contributed by atoms with Crippen LogP contribution in [0.5, 0.6) is 0 Å². The third kappa shape index (κ3) is 2.63. The van der Waals surface area contributed by atoms with Gasteiger partial charge >= 0.3 is 6.55 Å². The molecule has 17 heavy (non-hydrogen) atoms. The Morgan fingerprint density at radius 2 is 2.24 bits per heavy atom. The van der Waals surface area contributed by atoms with E-state index in [0.29, 0.717) is 25.5 Å². The van der Waals surface area contributed by atoms with Crippen LogP contribution < -0.4 is 0 Å². The molecule has 4 nitrogen and oxygen atoms in total. The van der Waals surface area contributed by atoms with Crippen LogP contribution in [0.3, 0.4) is 0 Å². The fourth-order valence-electron chi connectivity index (χ4n) is 2.37. The van der Waals surface area contributed by atoms with Gasteiger partial charge in [-0.3, -0.25) is 9.47 Å². The lowest BCUT2D eigenvalue weighted by Crippen LogP contribution is -2.61. The van der Waals surface area contributed by atoms with E-state index in [1.54, 1.807) is 0 Å². The second kappa shape index (κ2) is 4.70. The summed E-state index contributed by atoms with van der Waals surface area (Å²) in [7, 11) is 0. The fourth-order valence-corrected chi connectivity index (χ4v) is 2.37. The second-order valence-corrected chi connectivity index (χ2v) is 4.65. The first-order chi connectivity index (χ1) is 8.04. The molecule has 1 aliphatic rings. The van der Waals surface area contributed by atoms with Gasteiger partial charge in [0.1, 0.15) is 5.82 Å². The van der Waals surface area contributed by atoms with Crippen LogP contribution in [0.4, 0.5) is 8.78 Å². The van der Waals surface area contributed by atoms with Crippen molar-refractivity contribution in [3.05, 3.63) is 18.2 Å². The van der Waals surface area contributed by atoms with Gasteiger partial charge in [0, 0.05) is 25.5 Å². The van der Waals surface area contributed by atoms with E-state index in [4.69, 9.17) is 0 Å². The van der Waals surface area contributed by atoms with Gasteiger partial charge in [0.25, 0.3) is 0 Å². The minimum atomic E-state index is -2.55. The first-order valence-electron chi connectivity index (χ1n) is 5.79. The predicted octanol–water partition coefficient (Wildman–Crippen LogP) is 1.62. The molecule has 96 valence electrons. The molecule has 1 N–H and O–H groups in total. The summed E-state index contributed by atoms with van der Waals surface area (Å²) in [6.07, 6.45) is 4.33. The summed E-state index contributed by atoms with van der Waals surface area (Å²) in [5.74, 6) is 0.346. The Morgan fingerprint density at radius 3 is 2.82 bits per heavy atom. The van der Waals surface area contributed by atoms with Gasteiger partial charge in [0.05, 0.1) is 12.1 Å². The fraction of sp³-hybridized carbons (Fsp3) is 0.727. The van der Waals surface area contributed by atoms with Gasteiger partial charge in [-0.2, -0.15) is 8.78 Å². The van der Waals surface area contributed by atoms with Crippen LogP contribution in [0.2, 0.25) is 0 Å². The summed E-state index contributed by atoms with van der Waals surface area (Å²) >= 11 is 0. The Labute approximate surface area is 98.9 Å². The molecule has 2 rings (SSSR count). The molecule has 0 amide bonds. The highest BCUT2D eigenvalue weighted by atomic mass is 19.3. The quantitative estimate of drug-likeness (QED) is 0.857. The molecule has 0 aromatic carbocycles. The maximum Gasteiger partial charge on any atom is 0.319 e. The SMILES string of the molecule is CCCC1(O)CN(Cc2nccn2C(F)F)C1. The smallest absolute Gasteiger partial charge is 0.319 e. The van der Waals surface area contributed by atoms with Crippen molar-refractivity contribution in [3.8, 4) is 0 Å². The van der Waals surface area contributed by atoms with E-state index < -0.39 is 12.2 Å². The predicted molar refractivity (Wildman–Crippen MR) is 58.6 cm³/mol. The number of imidazole rings is 1. The Hall–Kier alpha value is -1.01. The summed E-state index contributed by atoms with van der Waals surface area (Å²) in [4.78, 5) is 5.84. The number of aliphatic hydroxyl groups is 1. The molecule has 0 spiro atoms. The number of nitrogens with zero attached hydrogens (tertiary/aromatic N) is 3. The van der Waals surface area contributed by atoms with Crippen LogP contribution in [0, 0.1) is 0 Å². The van der Waals surface area contributed by atoms with Crippen LogP contribution in [0.1, 0.15) is 32.1 Å². The van der Waals surface area contributed by atoms with Crippen LogP contribution >= 0.6 is 0 Å². The number of halogens is 2. The summed E-state index contributed by atoms with van der Waals surface area (Å²) in [6, 6.07) is 0. The number of β-amino-alcohol motifs (C(OH)–C–C–N with tert-alkyl or cyclic N) is 1. The third-order valence-corrected chi connectivity index (χ3v) is 3.08. The normalized spacial score (nSPS) is 19.6. The van der Waals surface area contributed by atoms with E-state index in [1.165, 1.54) is 12.4 Å². The number of rotatable bonds is 5. The molecule has 0 bridgehead atoms. The van der Waals surface area contributed by atoms with Gasteiger partial charge in [0.15, 0.2) is 0 Å². The van der Waals surface area contributed by atoms with Crippen molar-refractivity contribution in [2.75, 3.05) is 13.1 Å². The Bertz CT molecular complexity index is 375. The molecule has 0 atom stereocenters. The molecule has 1 aliphatic heterocycles. The van der Waals surface area contributed by atoms with Crippen LogP contribution in [0.15, 0.2) is 12.4 Å². The largest absolute Gasteiger partial charge is 0.387 e. The molecule has 1 fully saturated rings. The van der Waals surface area contributed by atoms with Crippen molar-refractivity contribution in [1.82, 2.24) is 14.5 Å². The Kier molecular flexibility index (Phi) is 3.44. The maximum absolute atomic E-state index is 12.6. The molecule has 1 saturated heterocycles. The molecule has 2 heterocycles. The van der Waals surface area contributed by atoms with Crippen molar-refractivity contribution in [1.29, 1.82) is 0 Å². The lowest BCUT2D eigenvalue weighted by atomic mass is 9.89. The zero-order valence-corrected chi connectivity index (χ0v) is 9.81. The van der Waals surface area contributed by atoms with E-state index in [-0.39, 0.29) is 0 Å². The minimum absolute atomic E-state index is 0.346. The van der Waals surface area contributed by atoms with E-state index in [9.17, 15) is 13.9 Å². The number of alkyl halides is 2. The first kappa shape index (κ1) is 12.4. The highest BCUT2D eigenvalue weighted by Gasteiger charge is 2.40. The van der Waals surface area contributed by atoms with E-state index in [2.05, 4.69) is 4.98 Å². The Balaban J connectivity index is 1.89. The molecule has 0 saturated carbocycles. The second-order valence-electron chi connectivity index (χ2n) is 4.65. The van der Waals surface area contributed by atoms with Crippen molar-refractivity contribution in [3.63, 3.8) is 0 Å². The monoisotopic (exact) mass is 245 g/mol. The number of aromatic nitrogens is 2. The highest BCUT2D eigenvalue weighted by molar-refractivity contribution is 5.00. The van der Waals surface area contributed by atoms with Crippen LogP contribution in [-0.2, 0) is 6.54 Å². The van der Waals surface area contributed by atoms with Crippen molar-refractivity contribution in [2.45, 2.75) is 38.5 Å². The van der Waals surface area contributed by atoms with Crippen LogP contribution in [-0.4, -0.2) is 38.2 Å². The lowest BCUT2D eigenvalue weighted by Gasteiger charge is -2.46. The molecule has 0 radical (unpaired) electrons. The van der Waals surface area contributed by atoms with Crippen molar-refractivity contribution < 1.29 is 13.9 Å². The van der Waals surface area contributed by atoms with Gasteiger partial charge in [-0.15, -0.1) is 0 Å². The Morgan fingerprint density at radius 1 is 1.53 bits per heavy atom. The summed E-state index contributed by atoms with van der Waals surface area (Å²) < 4.78 is 26.0. The van der Waals surface area contributed by atoms with Gasteiger partial charge in [0.2, 0.25) is 0 Å². The standard InChI is InChI=1S/C11H17F2N3O/c1-2-3-11(17)7-15(8-11)6-9-14-4-5-16(9)10(12)13/h4-5,10,17H,2-3,6-8H2,1H3. The summed E-state index contributed by atoms with van der Waals surface area (Å²) in [6.45, 7) is 0.907. The molecule has 0 aliphatic carbocycles. The van der Waals surface area contributed by atoms with Gasteiger partial charge in [-0.05, 0) is 6.42 Å². The van der Waals surface area contributed by atoms with Crippen LogP contribution in [0.25, 0.3) is 0 Å². The van der Waals surface area contributed by atoms with E-state index in [0.717, 1.165) is 17.4 Å². The third-order valence-electron chi connectivity index (χ3n) is 3.08.